The van der Waals surface area contributed by atoms with E-state index in [0.29, 0.717) is 28.3 Å². The zero-order valence-corrected chi connectivity index (χ0v) is 20.9. The number of ketones is 1. The van der Waals surface area contributed by atoms with Crippen molar-refractivity contribution < 1.29 is 19.4 Å². The number of aliphatic hydroxyl groups excluding tert-OH is 1. The standard InChI is InChI=1S/C32H27NO4/c1-20-16-17-21(2)26(18-20)30(34)28-29(33(32(36)31(28)35)27-15-8-7-10-22(27)3)23-11-9-14-25(19-23)37-24-12-5-4-6-13-24/h4-19,29,34H,1-3H3/b30-28+. The molecular formula is C32H27NO4. The maximum atomic E-state index is 13.5. The fraction of sp³-hybridized carbons (Fsp3) is 0.125. The Morgan fingerprint density at radius 2 is 1.46 bits per heavy atom. The molecule has 1 aliphatic rings. The van der Waals surface area contributed by atoms with Crippen molar-refractivity contribution in [3.8, 4) is 11.5 Å². The van der Waals surface area contributed by atoms with Crippen LogP contribution in [0.15, 0.2) is 103 Å². The van der Waals surface area contributed by atoms with Gasteiger partial charge in [-0.3, -0.25) is 14.5 Å². The number of nitrogens with zero attached hydrogens (tertiary/aromatic N) is 1. The van der Waals surface area contributed by atoms with Crippen molar-refractivity contribution in [2.45, 2.75) is 26.8 Å². The van der Waals surface area contributed by atoms with Gasteiger partial charge in [-0.05, 0) is 73.9 Å². The molecule has 0 spiro atoms. The third-order valence-electron chi connectivity index (χ3n) is 6.62. The lowest BCUT2D eigenvalue weighted by atomic mass is 9.93. The average molecular weight is 490 g/mol. The number of para-hydroxylation sites is 2. The Bertz CT molecular complexity index is 1540. The zero-order valence-electron chi connectivity index (χ0n) is 20.9. The second-order valence-electron chi connectivity index (χ2n) is 9.26. The van der Waals surface area contributed by atoms with E-state index in [1.54, 1.807) is 0 Å². The lowest BCUT2D eigenvalue weighted by molar-refractivity contribution is -0.132. The first kappa shape index (κ1) is 24.1. The lowest BCUT2D eigenvalue weighted by Crippen LogP contribution is -2.30. The van der Waals surface area contributed by atoms with E-state index in [0.717, 1.165) is 16.7 Å². The molecule has 0 radical (unpaired) electrons. The second kappa shape index (κ2) is 9.78. The first-order valence-electron chi connectivity index (χ1n) is 12.1. The number of ether oxygens (including phenoxy) is 1. The van der Waals surface area contributed by atoms with Crippen molar-refractivity contribution in [1.82, 2.24) is 0 Å². The minimum Gasteiger partial charge on any atom is -0.507 e. The highest BCUT2D eigenvalue weighted by Gasteiger charge is 2.47. The van der Waals surface area contributed by atoms with Gasteiger partial charge in [0.05, 0.1) is 11.6 Å². The van der Waals surface area contributed by atoms with Gasteiger partial charge in [0, 0.05) is 11.3 Å². The molecule has 4 aromatic carbocycles. The number of amides is 1. The van der Waals surface area contributed by atoms with Crippen LogP contribution in [0.25, 0.3) is 5.76 Å². The molecule has 5 heteroatoms. The molecule has 0 aromatic heterocycles. The van der Waals surface area contributed by atoms with E-state index >= 15 is 0 Å². The quantitative estimate of drug-likeness (QED) is 0.186. The number of benzene rings is 4. The van der Waals surface area contributed by atoms with Crippen LogP contribution in [-0.4, -0.2) is 16.8 Å². The number of anilines is 1. The fourth-order valence-electron chi connectivity index (χ4n) is 4.74. The SMILES string of the molecule is Cc1ccc(C)c(/C(O)=C2\C(=O)C(=O)N(c3ccccc3C)C2c2cccc(Oc3ccccc3)c2)c1. The van der Waals surface area contributed by atoms with Crippen molar-refractivity contribution in [2.75, 3.05) is 4.90 Å². The van der Waals surface area contributed by atoms with Gasteiger partial charge in [-0.15, -0.1) is 0 Å². The first-order valence-corrected chi connectivity index (χ1v) is 12.1. The first-order chi connectivity index (χ1) is 17.8. The molecule has 4 aromatic rings. The lowest BCUT2D eigenvalue weighted by Gasteiger charge is -2.27. The number of aliphatic hydroxyl groups is 1. The highest BCUT2D eigenvalue weighted by atomic mass is 16.5. The molecule has 0 aliphatic carbocycles. The Morgan fingerprint density at radius 3 is 2.22 bits per heavy atom. The maximum absolute atomic E-state index is 13.5. The van der Waals surface area contributed by atoms with Gasteiger partial charge >= 0.3 is 0 Å². The summed E-state index contributed by atoms with van der Waals surface area (Å²) in [5.74, 6) is -0.356. The van der Waals surface area contributed by atoms with Crippen LogP contribution in [0.2, 0.25) is 0 Å². The molecule has 1 fully saturated rings. The summed E-state index contributed by atoms with van der Waals surface area (Å²) in [6.07, 6.45) is 0. The number of hydrogen-bond acceptors (Lipinski definition) is 4. The summed E-state index contributed by atoms with van der Waals surface area (Å²) in [6, 6.07) is 28.9. The summed E-state index contributed by atoms with van der Waals surface area (Å²) >= 11 is 0. The molecule has 1 N–H and O–H groups in total. The van der Waals surface area contributed by atoms with Crippen LogP contribution in [0.4, 0.5) is 5.69 Å². The minimum absolute atomic E-state index is 0.0545. The summed E-state index contributed by atoms with van der Waals surface area (Å²) in [7, 11) is 0. The molecule has 1 saturated heterocycles. The van der Waals surface area contributed by atoms with Crippen molar-refractivity contribution in [3.05, 3.63) is 130 Å². The van der Waals surface area contributed by atoms with Gasteiger partial charge in [-0.2, -0.15) is 0 Å². The number of aryl methyl sites for hydroxylation is 3. The highest BCUT2D eigenvalue weighted by Crippen LogP contribution is 2.44. The van der Waals surface area contributed by atoms with E-state index < -0.39 is 17.7 Å². The molecule has 184 valence electrons. The van der Waals surface area contributed by atoms with E-state index in [1.807, 2.05) is 118 Å². The van der Waals surface area contributed by atoms with Crippen LogP contribution in [0.3, 0.4) is 0 Å². The summed E-state index contributed by atoms with van der Waals surface area (Å²) in [6.45, 7) is 5.69. The maximum Gasteiger partial charge on any atom is 0.300 e. The third kappa shape index (κ3) is 4.52. The summed E-state index contributed by atoms with van der Waals surface area (Å²) in [4.78, 5) is 28.5. The largest absolute Gasteiger partial charge is 0.507 e. The number of Topliss-reactive ketones (excluding diaryl/α,β-unsaturated/α-hetero) is 1. The van der Waals surface area contributed by atoms with Gasteiger partial charge in [0.15, 0.2) is 0 Å². The van der Waals surface area contributed by atoms with Gasteiger partial charge in [0.25, 0.3) is 11.7 Å². The third-order valence-corrected chi connectivity index (χ3v) is 6.62. The summed E-state index contributed by atoms with van der Waals surface area (Å²) < 4.78 is 6.05. The van der Waals surface area contributed by atoms with E-state index in [4.69, 9.17) is 4.74 Å². The van der Waals surface area contributed by atoms with Gasteiger partial charge in [0.1, 0.15) is 17.3 Å². The minimum atomic E-state index is -0.833. The number of hydrogen-bond donors (Lipinski definition) is 1. The molecule has 1 aliphatic heterocycles. The monoisotopic (exact) mass is 489 g/mol. The van der Waals surface area contributed by atoms with Crippen LogP contribution in [0.1, 0.15) is 33.9 Å². The molecule has 5 nitrogen and oxygen atoms in total. The predicted octanol–water partition coefficient (Wildman–Crippen LogP) is 7.03. The molecule has 1 unspecified atom stereocenters. The Balaban J connectivity index is 1.71. The fourth-order valence-corrected chi connectivity index (χ4v) is 4.74. The normalized spacial score (nSPS) is 16.7. The Labute approximate surface area is 216 Å². The second-order valence-corrected chi connectivity index (χ2v) is 9.26. The molecule has 1 atom stereocenters. The van der Waals surface area contributed by atoms with Crippen LogP contribution < -0.4 is 9.64 Å². The van der Waals surface area contributed by atoms with Crippen LogP contribution >= 0.6 is 0 Å². The molecule has 5 rings (SSSR count). The van der Waals surface area contributed by atoms with Crippen molar-refractivity contribution in [3.63, 3.8) is 0 Å². The number of carbonyl (C=O) groups is 2. The van der Waals surface area contributed by atoms with Crippen LogP contribution in [0.5, 0.6) is 11.5 Å². The highest BCUT2D eigenvalue weighted by molar-refractivity contribution is 6.51. The average Bonchev–Trinajstić information content (AvgIpc) is 3.16. The topological polar surface area (TPSA) is 66.8 Å². The summed E-state index contributed by atoms with van der Waals surface area (Å²) in [5, 5.41) is 11.5. The van der Waals surface area contributed by atoms with Crippen molar-refractivity contribution in [1.29, 1.82) is 0 Å². The molecular weight excluding hydrogens is 462 g/mol. The van der Waals surface area contributed by atoms with Gasteiger partial charge in [0.2, 0.25) is 0 Å². The molecule has 37 heavy (non-hydrogen) atoms. The Hall–Kier alpha value is -4.64. The van der Waals surface area contributed by atoms with Gasteiger partial charge < -0.3 is 9.84 Å². The van der Waals surface area contributed by atoms with E-state index in [2.05, 4.69) is 0 Å². The van der Waals surface area contributed by atoms with E-state index in [9.17, 15) is 14.7 Å². The van der Waals surface area contributed by atoms with Gasteiger partial charge in [-0.25, -0.2) is 0 Å². The summed E-state index contributed by atoms with van der Waals surface area (Å²) in [5.41, 5.74) is 4.45. The molecule has 1 amide bonds. The number of carbonyl (C=O) groups excluding carboxylic acids is 2. The van der Waals surface area contributed by atoms with E-state index in [1.165, 1.54) is 4.90 Å². The predicted molar refractivity (Wildman–Crippen MR) is 145 cm³/mol. The number of rotatable bonds is 5. The van der Waals surface area contributed by atoms with E-state index in [-0.39, 0.29) is 11.3 Å². The molecule has 1 heterocycles. The zero-order chi connectivity index (χ0) is 26.1. The Kier molecular flexibility index (Phi) is 6.36. The van der Waals surface area contributed by atoms with Crippen LogP contribution in [0, 0.1) is 20.8 Å². The molecule has 0 bridgehead atoms. The van der Waals surface area contributed by atoms with Crippen LogP contribution in [-0.2, 0) is 9.59 Å². The van der Waals surface area contributed by atoms with Crippen molar-refractivity contribution in [2.24, 2.45) is 0 Å². The molecule has 0 saturated carbocycles. The smallest absolute Gasteiger partial charge is 0.300 e. The van der Waals surface area contributed by atoms with Gasteiger partial charge in [-0.1, -0.05) is 66.2 Å². The van der Waals surface area contributed by atoms with Crippen molar-refractivity contribution >= 4 is 23.1 Å². The Morgan fingerprint density at radius 1 is 0.757 bits per heavy atom.